The smallest absolute Gasteiger partial charge is 0.226 e. The van der Waals surface area contributed by atoms with Crippen molar-refractivity contribution in [1.82, 2.24) is 35.5 Å². The van der Waals surface area contributed by atoms with Crippen LogP contribution in [0.2, 0.25) is 0 Å². The second kappa shape index (κ2) is 10.3. The van der Waals surface area contributed by atoms with Crippen molar-refractivity contribution < 1.29 is 9.18 Å². The number of pyridine rings is 2. The summed E-state index contributed by atoms with van der Waals surface area (Å²) in [4.78, 5) is 29.3. The predicted octanol–water partition coefficient (Wildman–Crippen LogP) is 5.68. The summed E-state index contributed by atoms with van der Waals surface area (Å²) in [5.74, 6) is 0.0732. The molecule has 1 amide bonds. The van der Waals surface area contributed by atoms with Gasteiger partial charge < -0.3 is 15.6 Å². The zero-order valence-electron chi connectivity index (χ0n) is 22.2. The van der Waals surface area contributed by atoms with Gasteiger partial charge in [0.05, 0.1) is 28.3 Å². The van der Waals surface area contributed by atoms with E-state index < -0.39 is 0 Å². The number of benzene rings is 2. The molecular weight excluding hydrogens is 507 g/mol. The molecule has 0 radical (unpaired) electrons. The molecule has 40 heavy (non-hydrogen) atoms. The van der Waals surface area contributed by atoms with Crippen LogP contribution in [-0.2, 0) is 11.3 Å². The van der Waals surface area contributed by atoms with Gasteiger partial charge in [0.25, 0.3) is 0 Å². The zero-order chi connectivity index (χ0) is 27.8. The van der Waals surface area contributed by atoms with Crippen molar-refractivity contribution in [3.05, 3.63) is 78.5 Å². The molecule has 6 aromatic rings. The lowest BCUT2D eigenvalue weighted by Crippen LogP contribution is -2.17. The van der Waals surface area contributed by atoms with Crippen LogP contribution in [0.1, 0.15) is 19.4 Å². The minimum absolute atomic E-state index is 0.0783. The first-order chi connectivity index (χ1) is 19.4. The van der Waals surface area contributed by atoms with Gasteiger partial charge in [-0.1, -0.05) is 26.0 Å². The summed E-state index contributed by atoms with van der Waals surface area (Å²) in [6.45, 7) is 4.24. The number of carbonyl (C=O) groups is 1. The minimum atomic E-state index is -0.295. The summed E-state index contributed by atoms with van der Waals surface area (Å²) in [7, 11) is 1.83. The van der Waals surface area contributed by atoms with Crippen molar-refractivity contribution in [2.45, 2.75) is 20.4 Å². The first-order valence-electron chi connectivity index (χ1n) is 12.9. The number of H-pyrrole nitrogens is 2. The molecule has 0 bridgehead atoms. The Balaban J connectivity index is 1.40. The summed E-state index contributed by atoms with van der Waals surface area (Å²) < 4.78 is 14.4. The highest BCUT2D eigenvalue weighted by Crippen LogP contribution is 2.33. The van der Waals surface area contributed by atoms with Crippen LogP contribution in [0, 0.1) is 11.7 Å². The van der Waals surface area contributed by atoms with Gasteiger partial charge >= 0.3 is 0 Å². The summed E-state index contributed by atoms with van der Waals surface area (Å²) >= 11 is 0. The van der Waals surface area contributed by atoms with Crippen LogP contribution >= 0.6 is 0 Å². The monoisotopic (exact) mass is 534 g/mol. The molecule has 9 nitrogen and oxygen atoms in total. The van der Waals surface area contributed by atoms with E-state index >= 15 is 0 Å². The number of aromatic amines is 2. The Labute approximate surface area is 229 Å². The third-order valence-corrected chi connectivity index (χ3v) is 6.67. The number of fused-ring (bicyclic) bond motifs is 2. The van der Waals surface area contributed by atoms with Crippen LogP contribution in [-0.4, -0.2) is 43.1 Å². The third kappa shape index (κ3) is 4.80. The van der Waals surface area contributed by atoms with Crippen molar-refractivity contribution in [2.75, 3.05) is 12.4 Å². The third-order valence-electron chi connectivity index (χ3n) is 6.67. The van der Waals surface area contributed by atoms with Crippen molar-refractivity contribution in [3.63, 3.8) is 0 Å². The maximum atomic E-state index is 14.4. The zero-order valence-corrected chi connectivity index (χ0v) is 22.2. The molecule has 0 atom stereocenters. The van der Waals surface area contributed by atoms with Crippen LogP contribution in [0.25, 0.3) is 55.8 Å². The van der Waals surface area contributed by atoms with E-state index in [0.717, 1.165) is 44.2 Å². The average molecular weight is 535 g/mol. The highest BCUT2D eigenvalue weighted by molar-refractivity contribution is 5.97. The number of imidazole rings is 1. The Kier molecular flexibility index (Phi) is 6.53. The number of nitrogens with one attached hydrogen (secondary N) is 4. The van der Waals surface area contributed by atoms with Gasteiger partial charge in [0, 0.05) is 41.5 Å². The van der Waals surface area contributed by atoms with Gasteiger partial charge in [0.15, 0.2) is 11.5 Å². The van der Waals surface area contributed by atoms with E-state index in [1.165, 1.54) is 12.1 Å². The van der Waals surface area contributed by atoms with Gasteiger partial charge in [0.2, 0.25) is 5.91 Å². The van der Waals surface area contributed by atoms with E-state index in [1.54, 1.807) is 18.6 Å². The van der Waals surface area contributed by atoms with Gasteiger partial charge in [-0.25, -0.2) is 14.4 Å². The second-order valence-electron chi connectivity index (χ2n) is 9.97. The number of rotatable bonds is 7. The van der Waals surface area contributed by atoms with E-state index in [0.29, 0.717) is 29.4 Å². The summed E-state index contributed by atoms with van der Waals surface area (Å²) in [6.07, 6.45) is 5.06. The molecule has 0 aliphatic carbocycles. The van der Waals surface area contributed by atoms with E-state index in [1.807, 2.05) is 57.3 Å². The standard InChI is InChI=1S/C30H27FN8O/c1-16(2)30(40)35-22-10-19(13-33-15-22)20-11-24-27(38-39-28(24)34-14-20)29-36-25-6-4-5-23(26(25)37-29)18-7-17(12-32-3)8-21(31)9-18/h4-11,13-16,32H,12H2,1-3H3,(H,35,40)(H,36,37)(H,34,38,39). The second-order valence-corrected chi connectivity index (χ2v) is 9.97. The van der Waals surface area contributed by atoms with Crippen LogP contribution in [0.3, 0.4) is 0 Å². The molecule has 2 aromatic carbocycles. The molecule has 0 aliphatic rings. The molecule has 10 heteroatoms. The predicted molar refractivity (Wildman–Crippen MR) is 154 cm³/mol. The fourth-order valence-corrected chi connectivity index (χ4v) is 4.69. The molecule has 200 valence electrons. The Hall–Kier alpha value is -4.96. The number of aromatic nitrogens is 6. The van der Waals surface area contributed by atoms with Crippen molar-refractivity contribution in [2.24, 2.45) is 5.92 Å². The Morgan fingerprint density at radius 3 is 2.70 bits per heavy atom. The Morgan fingerprint density at radius 2 is 1.88 bits per heavy atom. The summed E-state index contributed by atoms with van der Waals surface area (Å²) in [5, 5.41) is 14.2. The van der Waals surface area contributed by atoms with E-state index in [4.69, 9.17) is 4.98 Å². The fourth-order valence-electron chi connectivity index (χ4n) is 4.69. The van der Waals surface area contributed by atoms with Gasteiger partial charge in [-0.05, 0) is 54.6 Å². The highest BCUT2D eigenvalue weighted by atomic mass is 19.1. The summed E-state index contributed by atoms with van der Waals surface area (Å²) in [5.41, 5.74) is 7.43. The first kappa shape index (κ1) is 25.3. The number of amides is 1. The molecule has 6 rings (SSSR count). The van der Waals surface area contributed by atoms with Gasteiger partial charge in [-0.3, -0.25) is 14.9 Å². The molecule has 0 saturated heterocycles. The van der Waals surface area contributed by atoms with Crippen LogP contribution in [0.15, 0.2) is 67.1 Å². The quantitative estimate of drug-likeness (QED) is 0.209. The maximum absolute atomic E-state index is 14.4. The minimum Gasteiger partial charge on any atom is -0.337 e. The van der Waals surface area contributed by atoms with Crippen LogP contribution < -0.4 is 10.6 Å². The lowest BCUT2D eigenvalue weighted by Gasteiger charge is -2.09. The molecule has 0 unspecified atom stereocenters. The summed E-state index contributed by atoms with van der Waals surface area (Å²) in [6, 6.07) is 14.7. The van der Waals surface area contributed by atoms with Crippen molar-refractivity contribution >= 4 is 33.7 Å². The largest absolute Gasteiger partial charge is 0.337 e. The highest BCUT2D eigenvalue weighted by Gasteiger charge is 2.17. The number of hydrogen-bond acceptors (Lipinski definition) is 6. The van der Waals surface area contributed by atoms with Crippen molar-refractivity contribution in [1.29, 1.82) is 0 Å². The molecule has 0 saturated carbocycles. The Bertz CT molecular complexity index is 1870. The van der Waals surface area contributed by atoms with E-state index in [2.05, 4.69) is 35.8 Å². The molecule has 4 N–H and O–H groups in total. The molecule has 0 aliphatic heterocycles. The van der Waals surface area contributed by atoms with Crippen LogP contribution in [0.4, 0.5) is 10.1 Å². The number of nitrogens with zero attached hydrogens (tertiary/aromatic N) is 4. The molecule has 0 spiro atoms. The number of anilines is 1. The van der Waals surface area contributed by atoms with Gasteiger partial charge in [-0.15, -0.1) is 0 Å². The number of halogens is 1. The first-order valence-corrected chi connectivity index (χ1v) is 12.9. The maximum Gasteiger partial charge on any atom is 0.226 e. The van der Waals surface area contributed by atoms with Crippen LogP contribution in [0.5, 0.6) is 0 Å². The molecular formula is C30H27FN8O. The lowest BCUT2D eigenvalue weighted by atomic mass is 10.0. The number of para-hydroxylation sites is 1. The van der Waals surface area contributed by atoms with Gasteiger partial charge in [-0.2, -0.15) is 5.10 Å². The van der Waals surface area contributed by atoms with E-state index in [-0.39, 0.29) is 17.6 Å². The van der Waals surface area contributed by atoms with Gasteiger partial charge in [0.1, 0.15) is 11.5 Å². The number of carbonyl (C=O) groups excluding carboxylic acids is 1. The normalized spacial score (nSPS) is 11.5. The lowest BCUT2D eigenvalue weighted by molar-refractivity contribution is -0.118. The molecule has 0 fully saturated rings. The average Bonchev–Trinajstić information content (AvgIpc) is 3.56. The number of hydrogen-bond donors (Lipinski definition) is 4. The van der Waals surface area contributed by atoms with Crippen molar-refractivity contribution in [3.8, 4) is 33.8 Å². The van der Waals surface area contributed by atoms with E-state index in [9.17, 15) is 9.18 Å². The molecule has 4 heterocycles. The Morgan fingerprint density at radius 1 is 1.02 bits per heavy atom. The fraction of sp³-hybridized carbons (Fsp3) is 0.167. The SMILES string of the molecule is CNCc1cc(F)cc(-c2cccc3[nH]c(-c4[nH]nc5ncc(-c6cncc(NC(=O)C(C)C)c6)cc45)nc23)c1. The topological polar surface area (TPSA) is 124 Å². The molecule has 4 aromatic heterocycles.